The first-order valence-corrected chi connectivity index (χ1v) is 8.49. The fourth-order valence-electron chi connectivity index (χ4n) is 3.09. The van der Waals surface area contributed by atoms with Crippen molar-refractivity contribution < 1.29 is 19.0 Å². The molecule has 0 aromatic heterocycles. The predicted octanol–water partition coefficient (Wildman–Crippen LogP) is 3.31. The summed E-state index contributed by atoms with van der Waals surface area (Å²) in [6.07, 6.45) is 4.23. The van der Waals surface area contributed by atoms with E-state index in [1.807, 2.05) is 47.4 Å². The lowest BCUT2D eigenvalue weighted by Crippen LogP contribution is -2.34. The van der Waals surface area contributed by atoms with Crippen LogP contribution >= 0.6 is 0 Å². The number of rotatable bonds is 5. The van der Waals surface area contributed by atoms with Crippen LogP contribution in [0.4, 0.5) is 0 Å². The van der Waals surface area contributed by atoms with Crippen molar-refractivity contribution in [2.75, 3.05) is 27.9 Å². The zero-order valence-corrected chi connectivity index (χ0v) is 15.3. The maximum atomic E-state index is 12.6. The van der Waals surface area contributed by atoms with Crippen molar-refractivity contribution in [2.45, 2.75) is 13.0 Å². The van der Waals surface area contributed by atoms with E-state index < -0.39 is 0 Å². The van der Waals surface area contributed by atoms with Gasteiger partial charge in [0.05, 0.1) is 21.3 Å². The van der Waals surface area contributed by atoms with E-state index >= 15 is 0 Å². The summed E-state index contributed by atoms with van der Waals surface area (Å²) < 4.78 is 15.9. The number of carbonyl (C=O) groups is 1. The van der Waals surface area contributed by atoms with Crippen LogP contribution < -0.4 is 14.2 Å². The van der Waals surface area contributed by atoms with Gasteiger partial charge < -0.3 is 19.1 Å². The molecule has 0 fully saturated rings. The molecule has 0 saturated heterocycles. The number of hydrogen-bond acceptors (Lipinski definition) is 4. The van der Waals surface area contributed by atoms with Gasteiger partial charge in [0.15, 0.2) is 11.5 Å². The van der Waals surface area contributed by atoms with Crippen LogP contribution in [0.5, 0.6) is 17.2 Å². The van der Waals surface area contributed by atoms with Gasteiger partial charge in [0.2, 0.25) is 5.91 Å². The minimum atomic E-state index is -0.00625. The molecule has 1 amide bonds. The van der Waals surface area contributed by atoms with Crippen LogP contribution in [0.15, 0.2) is 42.5 Å². The van der Waals surface area contributed by atoms with Crippen molar-refractivity contribution in [3.63, 3.8) is 0 Å². The average molecular weight is 353 g/mol. The largest absolute Gasteiger partial charge is 0.497 e. The SMILES string of the molecule is COc1cccc(/C=C/C(=O)N2CCc3cc(OC)c(OC)cc3C2)c1. The van der Waals surface area contributed by atoms with E-state index in [1.165, 1.54) is 5.56 Å². The van der Waals surface area contributed by atoms with E-state index in [-0.39, 0.29) is 5.91 Å². The number of carbonyl (C=O) groups excluding carboxylic acids is 1. The molecule has 2 aromatic rings. The summed E-state index contributed by atoms with van der Waals surface area (Å²) in [4.78, 5) is 14.4. The van der Waals surface area contributed by atoms with Gasteiger partial charge in [-0.2, -0.15) is 0 Å². The molecule has 26 heavy (non-hydrogen) atoms. The fourth-order valence-corrected chi connectivity index (χ4v) is 3.09. The molecule has 0 unspecified atom stereocenters. The number of hydrogen-bond donors (Lipinski definition) is 0. The Morgan fingerprint density at radius 3 is 2.42 bits per heavy atom. The molecular formula is C21H23NO4. The molecule has 5 nitrogen and oxygen atoms in total. The molecule has 0 N–H and O–H groups in total. The molecule has 0 radical (unpaired) electrons. The maximum absolute atomic E-state index is 12.6. The molecule has 1 aliphatic rings. The minimum Gasteiger partial charge on any atom is -0.497 e. The normalized spacial score (nSPS) is 13.4. The Morgan fingerprint density at radius 1 is 1.00 bits per heavy atom. The van der Waals surface area contributed by atoms with Gasteiger partial charge in [0.1, 0.15) is 5.75 Å². The van der Waals surface area contributed by atoms with Gasteiger partial charge in [-0.3, -0.25) is 4.79 Å². The third-order valence-electron chi connectivity index (χ3n) is 4.54. The molecule has 5 heteroatoms. The molecular weight excluding hydrogens is 330 g/mol. The van der Waals surface area contributed by atoms with E-state index in [0.717, 1.165) is 29.0 Å². The topological polar surface area (TPSA) is 48.0 Å². The van der Waals surface area contributed by atoms with E-state index in [1.54, 1.807) is 27.4 Å². The second kappa shape index (κ2) is 7.95. The van der Waals surface area contributed by atoms with Gasteiger partial charge in [0.25, 0.3) is 0 Å². The molecule has 0 saturated carbocycles. The molecule has 1 aliphatic heterocycles. The summed E-state index contributed by atoms with van der Waals surface area (Å²) >= 11 is 0. The standard InChI is InChI=1S/C21H23NO4/c1-24-18-6-4-5-15(11-18)7-8-21(23)22-10-9-16-12-19(25-2)20(26-3)13-17(16)14-22/h4-8,11-13H,9-10,14H2,1-3H3/b8-7+. The highest BCUT2D eigenvalue weighted by molar-refractivity contribution is 5.92. The Kier molecular flexibility index (Phi) is 5.46. The first-order chi connectivity index (χ1) is 12.6. The summed E-state index contributed by atoms with van der Waals surface area (Å²) in [5.41, 5.74) is 3.22. The summed E-state index contributed by atoms with van der Waals surface area (Å²) in [6.45, 7) is 1.25. The Bertz CT molecular complexity index is 829. The predicted molar refractivity (Wildman–Crippen MR) is 101 cm³/mol. The Morgan fingerprint density at radius 2 is 1.73 bits per heavy atom. The molecule has 0 spiro atoms. The zero-order chi connectivity index (χ0) is 18.5. The Balaban J connectivity index is 1.73. The minimum absolute atomic E-state index is 0.00625. The number of ether oxygens (including phenoxy) is 3. The van der Waals surface area contributed by atoms with E-state index in [4.69, 9.17) is 14.2 Å². The summed E-state index contributed by atoms with van der Waals surface area (Å²) in [5, 5.41) is 0. The second-order valence-corrected chi connectivity index (χ2v) is 6.10. The number of benzene rings is 2. The van der Waals surface area contributed by atoms with Gasteiger partial charge in [-0.1, -0.05) is 12.1 Å². The fraction of sp³-hybridized carbons (Fsp3) is 0.286. The lowest BCUT2D eigenvalue weighted by molar-refractivity contribution is -0.126. The van der Waals surface area contributed by atoms with E-state index in [0.29, 0.717) is 18.8 Å². The monoisotopic (exact) mass is 353 g/mol. The van der Waals surface area contributed by atoms with Crippen molar-refractivity contribution in [1.29, 1.82) is 0 Å². The highest BCUT2D eigenvalue weighted by Gasteiger charge is 2.21. The number of fused-ring (bicyclic) bond motifs is 1. The highest BCUT2D eigenvalue weighted by atomic mass is 16.5. The van der Waals surface area contributed by atoms with Crippen LogP contribution in [0.2, 0.25) is 0 Å². The molecule has 2 aromatic carbocycles. The van der Waals surface area contributed by atoms with Gasteiger partial charge in [-0.15, -0.1) is 0 Å². The molecule has 0 bridgehead atoms. The van der Waals surface area contributed by atoms with Crippen molar-refractivity contribution in [2.24, 2.45) is 0 Å². The second-order valence-electron chi connectivity index (χ2n) is 6.10. The van der Waals surface area contributed by atoms with Crippen molar-refractivity contribution in [3.8, 4) is 17.2 Å². The molecule has 0 atom stereocenters. The van der Waals surface area contributed by atoms with Gasteiger partial charge in [-0.05, 0) is 53.5 Å². The zero-order valence-electron chi connectivity index (χ0n) is 15.3. The lowest BCUT2D eigenvalue weighted by Gasteiger charge is -2.28. The van der Waals surface area contributed by atoms with Crippen LogP contribution in [0.3, 0.4) is 0 Å². The van der Waals surface area contributed by atoms with Crippen LogP contribution in [-0.2, 0) is 17.8 Å². The molecule has 1 heterocycles. The van der Waals surface area contributed by atoms with Crippen molar-refractivity contribution in [1.82, 2.24) is 4.90 Å². The average Bonchev–Trinajstić information content (AvgIpc) is 2.70. The highest BCUT2D eigenvalue weighted by Crippen LogP contribution is 2.33. The molecule has 3 rings (SSSR count). The molecule has 0 aliphatic carbocycles. The Hall–Kier alpha value is -2.95. The van der Waals surface area contributed by atoms with Crippen molar-refractivity contribution in [3.05, 3.63) is 59.2 Å². The van der Waals surface area contributed by atoms with E-state index in [2.05, 4.69) is 0 Å². The van der Waals surface area contributed by atoms with Gasteiger partial charge >= 0.3 is 0 Å². The first-order valence-electron chi connectivity index (χ1n) is 8.49. The first kappa shape index (κ1) is 17.9. The van der Waals surface area contributed by atoms with Gasteiger partial charge in [-0.25, -0.2) is 0 Å². The van der Waals surface area contributed by atoms with E-state index in [9.17, 15) is 4.79 Å². The van der Waals surface area contributed by atoms with Crippen LogP contribution in [0.1, 0.15) is 16.7 Å². The summed E-state index contributed by atoms with van der Waals surface area (Å²) in [7, 11) is 4.88. The van der Waals surface area contributed by atoms with Crippen LogP contribution in [0, 0.1) is 0 Å². The smallest absolute Gasteiger partial charge is 0.246 e. The number of methoxy groups -OCH3 is 3. The Labute approximate surface area is 153 Å². The lowest BCUT2D eigenvalue weighted by atomic mass is 9.98. The number of nitrogens with zero attached hydrogens (tertiary/aromatic N) is 1. The van der Waals surface area contributed by atoms with Gasteiger partial charge in [0, 0.05) is 19.2 Å². The summed E-state index contributed by atoms with van der Waals surface area (Å²) in [6, 6.07) is 11.6. The van der Waals surface area contributed by atoms with Crippen LogP contribution in [0.25, 0.3) is 6.08 Å². The quantitative estimate of drug-likeness (QED) is 0.774. The third-order valence-corrected chi connectivity index (χ3v) is 4.54. The molecule has 136 valence electrons. The maximum Gasteiger partial charge on any atom is 0.246 e. The third kappa shape index (κ3) is 3.82. The number of amides is 1. The summed E-state index contributed by atoms with van der Waals surface area (Å²) in [5.74, 6) is 2.18. The van der Waals surface area contributed by atoms with Crippen molar-refractivity contribution >= 4 is 12.0 Å². The van der Waals surface area contributed by atoms with Crippen LogP contribution in [-0.4, -0.2) is 38.7 Å².